The third-order valence-electron chi connectivity index (χ3n) is 3.18. The SMILES string of the molecule is Nc1c(C(=O)N2CCOCC2)sc2cc(Cl)ccc12. The van der Waals surface area contributed by atoms with Crippen molar-refractivity contribution in [2.75, 3.05) is 32.0 Å². The molecular formula is C13H13ClN2O2S. The number of ether oxygens (including phenoxy) is 1. The Bertz CT molecular complexity index is 635. The molecule has 0 saturated carbocycles. The van der Waals surface area contributed by atoms with Gasteiger partial charge in [0.2, 0.25) is 0 Å². The van der Waals surface area contributed by atoms with Crippen molar-refractivity contribution in [3.63, 3.8) is 0 Å². The summed E-state index contributed by atoms with van der Waals surface area (Å²) in [5, 5.41) is 1.55. The average molecular weight is 297 g/mol. The third kappa shape index (κ3) is 2.29. The molecule has 0 spiro atoms. The van der Waals surface area contributed by atoms with Crippen molar-refractivity contribution in [2.45, 2.75) is 0 Å². The third-order valence-corrected chi connectivity index (χ3v) is 4.57. The molecule has 1 aromatic heterocycles. The molecule has 1 fully saturated rings. The second-order valence-corrected chi connectivity index (χ2v) is 5.88. The smallest absolute Gasteiger partial charge is 0.266 e. The van der Waals surface area contributed by atoms with Crippen molar-refractivity contribution in [1.29, 1.82) is 0 Å². The van der Waals surface area contributed by atoms with Crippen LogP contribution in [0, 0.1) is 0 Å². The summed E-state index contributed by atoms with van der Waals surface area (Å²) in [6.07, 6.45) is 0. The van der Waals surface area contributed by atoms with Gasteiger partial charge >= 0.3 is 0 Å². The largest absolute Gasteiger partial charge is 0.397 e. The van der Waals surface area contributed by atoms with Crippen LogP contribution in [0.15, 0.2) is 18.2 Å². The lowest BCUT2D eigenvalue weighted by Crippen LogP contribution is -2.40. The lowest BCUT2D eigenvalue weighted by Gasteiger charge is -2.26. The number of carbonyl (C=O) groups is 1. The van der Waals surface area contributed by atoms with Crippen molar-refractivity contribution in [2.24, 2.45) is 0 Å². The van der Waals surface area contributed by atoms with Crippen LogP contribution in [0.5, 0.6) is 0 Å². The maximum Gasteiger partial charge on any atom is 0.266 e. The van der Waals surface area contributed by atoms with Crippen LogP contribution in [0.2, 0.25) is 5.02 Å². The number of carbonyl (C=O) groups excluding carboxylic acids is 1. The number of nitrogens with zero attached hydrogens (tertiary/aromatic N) is 1. The summed E-state index contributed by atoms with van der Waals surface area (Å²) in [6.45, 7) is 2.41. The van der Waals surface area contributed by atoms with E-state index in [1.165, 1.54) is 11.3 Å². The number of halogens is 1. The van der Waals surface area contributed by atoms with Crippen LogP contribution in [0.3, 0.4) is 0 Å². The number of amides is 1. The molecule has 0 atom stereocenters. The molecule has 2 aromatic rings. The van der Waals surface area contributed by atoms with E-state index < -0.39 is 0 Å². The zero-order chi connectivity index (χ0) is 13.4. The summed E-state index contributed by atoms with van der Waals surface area (Å²) >= 11 is 7.36. The zero-order valence-electron chi connectivity index (χ0n) is 10.2. The molecule has 2 heterocycles. The van der Waals surface area contributed by atoms with E-state index in [4.69, 9.17) is 22.1 Å². The van der Waals surface area contributed by atoms with Crippen LogP contribution in [0.4, 0.5) is 5.69 Å². The number of nitrogens with two attached hydrogens (primary N) is 1. The molecule has 6 heteroatoms. The van der Waals surface area contributed by atoms with Crippen LogP contribution in [-0.4, -0.2) is 37.1 Å². The Hall–Kier alpha value is -1.30. The van der Waals surface area contributed by atoms with E-state index in [9.17, 15) is 4.79 Å². The Labute approximate surface area is 119 Å². The van der Waals surface area contributed by atoms with Crippen LogP contribution >= 0.6 is 22.9 Å². The molecule has 1 aromatic carbocycles. The monoisotopic (exact) mass is 296 g/mol. The van der Waals surface area contributed by atoms with Crippen molar-refractivity contribution in [3.05, 3.63) is 28.1 Å². The Morgan fingerprint density at radius 2 is 2.11 bits per heavy atom. The van der Waals surface area contributed by atoms with E-state index in [2.05, 4.69) is 0 Å². The lowest BCUT2D eigenvalue weighted by atomic mass is 10.2. The molecule has 1 aliphatic rings. The number of thiophene rings is 1. The van der Waals surface area contributed by atoms with Gasteiger partial charge in [-0.1, -0.05) is 11.6 Å². The second kappa shape index (κ2) is 5.00. The first kappa shape index (κ1) is 12.7. The van der Waals surface area contributed by atoms with Gasteiger partial charge in [0.25, 0.3) is 5.91 Å². The first-order chi connectivity index (χ1) is 9.16. The first-order valence-corrected chi connectivity index (χ1v) is 7.21. The quantitative estimate of drug-likeness (QED) is 0.880. The van der Waals surface area contributed by atoms with Crippen LogP contribution in [0.1, 0.15) is 9.67 Å². The first-order valence-electron chi connectivity index (χ1n) is 6.01. The highest BCUT2D eigenvalue weighted by Gasteiger charge is 2.23. The summed E-state index contributed by atoms with van der Waals surface area (Å²) in [5.41, 5.74) is 6.63. The van der Waals surface area contributed by atoms with Gasteiger partial charge in [-0.15, -0.1) is 11.3 Å². The summed E-state index contributed by atoms with van der Waals surface area (Å²) in [4.78, 5) is 14.8. The molecule has 1 aliphatic heterocycles. The molecule has 4 nitrogen and oxygen atoms in total. The fourth-order valence-electron chi connectivity index (χ4n) is 2.16. The van der Waals surface area contributed by atoms with E-state index in [0.29, 0.717) is 41.9 Å². The van der Waals surface area contributed by atoms with Gasteiger partial charge < -0.3 is 15.4 Å². The van der Waals surface area contributed by atoms with E-state index in [1.807, 2.05) is 12.1 Å². The second-order valence-electron chi connectivity index (χ2n) is 4.39. The molecule has 0 radical (unpaired) electrons. The molecule has 3 rings (SSSR count). The predicted octanol–water partition coefficient (Wildman–Crippen LogP) is 2.61. The minimum absolute atomic E-state index is 0.0156. The van der Waals surface area contributed by atoms with Gasteiger partial charge in [0, 0.05) is 28.2 Å². The van der Waals surface area contributed by atoms with Gasteiger partial charge in [0.15, 0.2) is 0 Å². The van der Waals surface area contributed by atoms with E-state index in [-0.39, 0.29) is 5.91 Å². The molecule has 1 amide bonds. The zero-order valence-corrected chi connectivity index (χ0v) is 11.8. The Morgan fingerprint density at radius 3 is 2.84 bits per heavy atom. The maximum absolute atomic E-state index is 12.4. The standard InChI is InChI=1S/C13H13ClN2O2S/c14-8-1-2-9-10(7-8)19-12(11(9)15)13(17)16-3-5-18-6-4-16/h1-2,7H,3-6,15H2. The Kier molecular flexibility index (Phi) is 3.35. The topological polar surface area (TPSA) is 55.6 Å². The summed E-state index contributed by atoms with van der Waals surface area (Å²) < 4.78 is 6.20. The minimum Gasteiger partial charge on any atom is -0.397 e. The number of benzene rings is 1. The summed E-state index contributed by atoms with van der Waals surface area (Å²) in [7, 11) is 0. The van der Waals surface area contributed by atoms with Crippen LogP contribution in [0.25, 0.3) is 10.1 Å². The van der Waals surface area contributed by atoms with Crippen LogP contribution < -0.4 is 5.73 Å². The highest BCUT2D eigenvalue weighted by atomic mass is 35.5. The highest BCUT2D eigenvalue weighted by molar-refractivity contribution is 7.21. The molecular weight excluding hydrogens is 284 g/mol. The lowest BCUT2D eigenvalue weighted by molar-refractivity contribution is 0.0307. The van der Waals surface area contributed by atoms with Gasteiger partial charge in [0.1, 0.15) is 4.88 Å². The normalized spacial score (nSPS) is 15.9. The Morgan fingerprint density at radius 1 is 1.37 bits per heavy atom. The molecule has 100 valence electrons. The van der Waals surface area contributed by atoms with Gasteiger partial charge in [-0.3, -0.25) is 4.79 Å². The van der Waals surface area contributed by atoms with Crippen LogP contribution in [-0.2, 0) is 4.74 Å². The van der Waals surface area contributed by atoms with Gasteiger partial charge in [0.05, 0.1) is 18.9 Å². The molecule has 0 bridgehead atoms. The average Bonchev–Trinajstić information content (AvgIpc) is 2.75. The van der Waals surface area contributed by atoms with Crippen molar-refractivity contribution >= 4 is 44.6 Å². The molecule has 19 heavy (non-hydrogen) atoms. The Balaban J connectivity index is 2.00. The molecule has 2 N–H and O–H groups in total. The minimum atomic E-state index is -0.0156. The number of rotatable bonds is 1. The van der Waals surface area contributed by atoms with Crippen molar-refractivity contribution < 1.29 is 9.53 Å². The fourth-order valence-corrected chi connectivity index (χ4v) is 3.53. The van der Waals surface area contributed by atoms with E-state index in [1.54, 1.807) is 11.0 Å². The van der Waals surface area contributed by atoms with E-state index in [0.717, 1.165) is 10.1 Å². The molecule has 0 aliphatic carbocycles. The van der Waals surface area contributed by atoms with Gasteiger partial charge in [-0.25, -0.2) is 0 Å². The highest BCUT2D eigenvalue weighted by Crippen LogP contribution is 2.35. The number of fused-ring (bicyclic) bond motifs is 1. The van der Waals surface area contributed by atoms with Gasteiger partial charge in [-0.05, 0) is 18.2 Å². The fraction of sp³-hybridized carbons (Fsp3) is 0.308. The number of hydrogen-bond donors (Lipinski definition) is 1. The summed E-state index contributed by atoms with van der Waals surface area (Å²) in [5.74, 6) is -0.0156. The predicted molar refractivity (Wildman–Crippen MR) is 78.0 cm³/mol. The maximum atomic E-state index is 12.4. The number of hydrogen-bond acceptors (Lipinski definition) is 4. The number of anilines is 1. The molecule has 0 unspecified atom stereocenters. The molecule has 1 saturated heterocycles. The number of morpholine rings is 1. The van der Waals surface area contributed by atoms with E-state index >= 15 is 0 Å². The summed E-state index contributed by atoms with van der Waals surface area (Å²) in [6, 6.07) is 5.49. The van der Waals surface area contributed by atoms with Crippen molar-refractivity contribution in [3.8, 4) is 0 Å². The van der Waals surface area contributed by atoms with Crippen molar-refractivity contribution in [1.82, 2.24) is 4.90 Å². The van der Waals surface area contributed by atoms with Gasteiger partial charge in [-0.2, -0.15) is 0 Å². The number of nitrogen functional groups attached to an aromatic ring is 1.